The van der Waals surface area contributed by atoms with Gasteiger partial charge in [0.1, 0.15) is 5.82 Å². The van der Waals surface area contributed by atoms with Gasteiger partial charge in [-0.05, 0) is 37.1 Å². The van der Waals surface area contributed by atoms with Gasteiger partial charge in [0, 0.05) is 45.3 Å². The molecule has 3 nitrogen and oxygen atoms in total. The number of likely N-dealkylation sites (tertiary alicyclic amines) is 1. The van der Waals surface area contributed by atoms with Crippen LogP contribution < -0.4 is 4.90 Å². The van der Waals surface area contributed by atoms with Crippen LogP contribution in [-0.4, -0.2) is 55.1 Å². The lowest BCUT2D eigenvalue weighted by molar-refractivity contribution is 0.161. The van der Waals surface area contributed by atoms with Crippen LogP contribution in [0.5, 0.6) is 0 Å². The molecule has 2 aromatic carbocycles. The van der Waals surface area contributed by atoms with Gasteiger partial charge in [0.15, 0.2) is 0 Å². The zero-order chi connectivity index (χ0) is 17.8. The number of para-hydroxylation sites is 1. The van der Waals surface area contributed by atoms with Crippen LogP contribution in [0.4, 0.5) is 10.1 Å². The maximum absolute atomic E-state index is 14.0. The van der Waals surface area contributed by atoms with Crippen LogP contribution in [0.15, 0.2) is 54.6 Å². The zero-order valence-electron chi connectivity index (χ0n) is 15.4. The number of rotatable bonds is 5. The standard InChI is InChI=1S/C22H28FN3/c23-21-10-4-5-11-22(21)25-15-13-24(14-16-25)18-20-9-6-12-26(20)17-19-7-2-1-3-8-19/h1-5,7-8,10-11,20H,6,9,12-18H2/t20-/m1/s1. The highest BCUT2D eigenvalue weighted by Gasteiger charge is 2.28. The maximum Gasteiger partial charge on any atom is 0.146 e. The molecular weight excluding hydrogens is 325 g/mol. The molecule has 0 unspecified atom stereocenters. The van der Waals surface area contributed by atoms with Gasteiger partial charge in [-0.1, -0.05) is 42.5 Å². The average Bonchev–Trinajstić information content (AvgIpc) is 3.10. The van der Waals surface area contributed by atoms with Gasteiger partial charge >= 0.3 is 0 Å². The minimum absolute atomic E-state index is 0.106. The Balaban J connectivity index is 1.30. The normalized spacial score (nSPS) is 22.0. The van der Waals surface area contributed by atoms with Crippen molar-refractivity contribution in [3.8, 4) is 0 Å². The van der Waals surface area contributed by atoms with Crippen LogP contribution in [0, 0.1) is 5.82 Å². The van der Waals surface area contributed by atoms with E-state index in [-0.39, 0.29) is 5.82 Å². The van der Waals surface area contributed by atoms with E-state index >= 15 is 0 Å². The summed E-state index contributed by atoms with van der Waals surface area (Å²) < 4.78 is 14.0. The van der Waals surface area contributed by atoms with Crippen LogP contribution in [0.25, 0.3) is 0 Å². The Hall–Kier alpha value is -1.91. The summed E-state index contributed by atoms with van der Waals surface area (Å²) in [6.07, 6.45) is 2.59. The number of nitrogens with zero attached hydrogens (tertiary/aromatic N) is 3. The summed E-state index contributed by atoms with van der Waals surface area (Å²) in [6, 6.07) is 18.6. The second-order valence-corrected chi connectivity index (χ2v) is 7.49. The Labute approximate surface area is 156 Å². The number of halogens is 1. The largest absolute Gasteiger partial charge is 0.367 e. The Morgan fingerprint density at radius 3 is 2.35 bits per heavy atom. The van der Waals surface area contributed by atoms with E-state index in [4.69, 9.17) is 0 Å². The molecule has 0 saturated carbocycles. The van der Waals surface area contributed by atoms with Crippen molar-refractivity contribution in [3.63, 3.8) is 0 Å². The molecule has 138 valence electrons. The molecule has 2 fully saturated rings. The average molecular weight is 353 g/mol. The Morgan fingerprint density at radius 2 is 1.58 bits per heavy atom. The first-order valence-corrected chi connectivity index (χ1v) is 9.79. The van der Waals surface area contributed by atoms with Crippen LogP contribution in [0.3, 0.4) is 0 Å². The van der Waals surface area contributed by atoms with Gasteiger partial charge in [0.2, 0.25) is 0 Å². The van der Waals surface area contributed by atoms with Gasteiger partial charge in [0.25, 0.3) is 0 Å². The van der Waals surface area contributed by atoms with Crippen molar-refractivity contribution in [2.75, 3.05) is 44.2 Å². The Bertz CT molecular complexity index is 698. The van der Waals surface area contributed by atoms with Crippen LogP contribution in [0.1, 0.15) is 18.4 Å². The van der Waals surface area contributed by atoms with Gasteiger partial charge in [0.05, 0.1) is 5.69 Å². The molecule has 0 N–H and O–H groups in total. The van der Waals surface area contributed by atoms with E-state index < -0.39 is 0 Å². The Kier molecular flexibility index (Phi) is 5.51. The fraction of sp³-hybridized carbons (Fsp3) is 0.455. The summed E-state index contributed by atoms with van der Waals surface area (Å²) in [4.78, 5) is 7.38. The first-order valence-electron chi connectivity index (χ1n) is 9.79. The summed E-state index contributed by atoms with van der Waals surface area (Å²) in [6.45, 7) is 7.25. The predicted octanol–water partition coefficient (Wildman–Crippen LogP) is 3.61. The first kappa shape index (κ1) is 17.5. The number of benzene rings is 2. The van der Waals surface area contributed by atoms with Crippen molar-refractivity contribution in [3.05, 3.63) is 66.0 Å². The molecular formula is C22H28FN3. The molecule has 2 saturated heterocycles. The lowest BCUT2D eigenvalue weighted by atomic mass is 10.1. The SMILES string of the molecule is Fc1ccccc1N1CCN(C[C@H]2CCCN2Cc2ccccc2)CC1. The maximum atomic E-state index is 14.0. The van der Waals surface area contributed by atoms with Crippen LogP contribution in [-0.2, 0) is 6.54 Å². The molecule has 4 heteroatoms. The van der Waals surface area contributed by atoms with Gasteiger partial charge in [-0.2, -0.15) is 0 Å². The number of piperazine rings is 1. The second-order valence-electron chi connectivity index (χ2n) is 7.49. The number of anilines is 1. The predicted molar refractivity (Wildman–Crippen MR) is 105 cm³/mol. The summed E-state index contributed by atoms with van der Waals surface area (Å²) in [7, 11) is 0. The third-order valence-corrected chi connectivity index (χ3v) is 5.76. The fourth-order valence-electron chi connectivity index (χ4n) is 4.31. The van der Waals surface area contributed by atoms with Gasteiger partial charge < -0.3 is 4.90 Å². The van der Waals surface area contributed by atoms with Crippen molar-refractivity contribution in [2.24, 2.45) is 0 Å². The van der Waals surface area contributed by atoms with E-state index in [0.29, 0.717) is 6.04 Å². The number of hydrogen-bond acceptors (Lipinski definition) is 3. The molecule has 4 rings (SSSR count). The quantitative estimate of drug-likeness (QED) is 0.813. The van der Waals surface area contributed by atoms with E-state index in [2.05, 4.69) is 45.0 Å². The fourth-order valence-corrected chi connectivity index (χ4v) is 4.31. The minimum Gasteiger partial charge on any atom is -0.367 e. The zero-order valence-corrected chi connectivity index (χ0v) is 15.4. The highest BCUT2D eigenvalue weighted by atomic mass is 19.1. The van der Waals surface area contributed by atoms with E-state index in [9.17, 15) is 4.39 Å². The molecule has 0 spiro atoms. The molecule has 2 aromatic rings. The topological polar surface area (TPSA) is 9.72 Å². The molecule has 0 bridgehead atoms. The molecule has 0 aromatic heterocycles. The van der Waals surface area contributed by atoms with E-state index in [1.54, 1.807) is 12.1 Å². The van der Waals surface area contributed by atoms with Crippen LogP contribution in [0.2, 0.25) is 0 Å². The highest BCUT2D eigenvalue weighted by Crippen LogP contribution is 2.23. The smallest absolute Gasteiger partial charge is 0.146 e. The summed E-state index contributed by atoms with van der Waals surface area (Å²) in [5, 5.41) is 0. The van der Waals surface area contributed by atoms with Crippen molar-refractivity contribution >= 4 is 5.69 Å². The van der Waals surface area contributed by atoms with Gasteiger partial charge in [-0.3, -0.25) is 9.80 Å². The van der Waals surface area contributed by atoms with Crippen molar-refractivity contribution < 1.29 is 4.39 Å². The minimum atomic E-state index is -0.106. The van der Waals surface area contributed by atoms with E-state index in [0.717, 1.165) is 45.0 Å². The molecule has 0 amide bonds. The molecule has 1 atom stereocenters. The molecule has 2 heterocycles. The van der Waals surface area contributed by atoms with Gasteiger partial charge in [-0.25, -0.2) is 4.39 Å². The van der Waals surface area contributed by atoms with Crippen LogP contribution >= 0.6 is 0 Å². The molecule has 26 heavy (non-hydrogen) atoms. The monoisotopic (exact) mass is 353 g/mol. The van der Waals surface area contributed by atoms with E-state index in [1.165, 1.54) is 24.9 Å². The van der Waals surface area contributed by atoms with Crippen molar-refractivity contribution in [1.29, 1.82) is 0 Å². The third kappa shape index (κ3) is 4.08. The lowest BCUT2D eigenvalue weighted by Gasteiger charge is -2.38. The Morgan fingerprint density at radius 1 is 0.846 bits per heavy atom. The van der Waals surface area contributed by atoms with E-state index in [1.807, 2.05) is 12.1 Å². The summed E-state index contributed by atoms with van der Waals surface area (Å²) >= 11 is 0. The molecule has 0 aliphatic carbocycles. The molecule has 0 radical (unpaired) electrons. The second kappa shape index (κ2) is 8.19. The third-order valence-electron chi connectivity index (χ3n) is 5.76. The molecule has 2 aliphatic heterocycles. The summed E-state index contributed by atoms with van der Waals surface area (Å²) in [5.41, 5.74) is 2.16. The highest BCUT2D eigenvalue weighted by molar-refractivity contribution is 5.48. The summed E-state index contributed by atoms with van der Waals surface area (Å²) in [5.74, 6) is -0.106. The van der Waals surface area contributed by atoms with Gasteiger partial charge in [-0.15, -0.1) is 0 Å². The van der Waals surface area contributed by atoms with Crippen molar-refractivity contribution in [1.82, 2.24) is 9.80 Å². The number of hydrogen-bond donors (Lipinski definition) is 0. The van der Waals surface area contributed by atoms with Crippen molar-refractivity contribution in [2.45, 2.75) is 25.4 Å². The molecule has 2 aliphatic rings. The lowest BCUT2D eigenvalue weighted by Crippen LogP contribution is -2.50. The first-order chi connectivity index (χ1) is 12.8.